The average Bonchev–Trinajstić information content (AvgIpc) is 3.10. The Bertz CT molecular complexity index is 585. The van der Waals surface area contributed by atoms with Gasteiger partial charge in [-0.2, -0.15) is 4.99 Å². The highest BCUT2D eigenvalue weighted by atomic mass is 32.1. The summed E-state index contributed by atoms with van der Waals surface area (Å²) in [5, 5.41) is 2.48. The summed E-state index contributed by atoms with van der Waals surface area (Å²) >= 11 is 1.43. The predicted molar refractivity (Wildman–Crippen MR) is 69.4 cm³/mol. The van der Waals surface area contributed by atoms with E-state index in [0.29, 0.717) is 11.0 Å². The van der Waals surface area contributed by atoms with Gasteiger partial charge in [-0.15, -0.1) is 11.3 Å². The summed E-state index contributed by atoms with van der Waals surface area (Å²) in [6.45, 7) is 3.98. The van der Waals surface area contributed by atoms with E-state index in [2.05, 4.69) is 9.98 Å². The Hall–Kier alpha value is -1.27. The smallest absolute Gasteiger partial charge is 0.322 e. The number of esters is 1. The van der Waals surface area contributed by atoms with Crippen LogP contribution in [0.1, 0.15) is 26.7 Å². The maximum absolute atomic E-state index is 12.3. The first kappa shape index (κ1) is 11.5. The number of ether oxygens (including phenoxy) is 2. The van der Waals surface area contributed by atoms with E-state index in [1.165, 1.54) is 11.3 Å². The highest BCUT2D eigenvalue weighted by molar-refractivity contribution is 7.13. The van der Waals surface area contributed by atoms with Crippen LogP contribution in [0.3, 0.4) is 0 Å². The Morgan fingerprint density at radius 2 is 2.11 bits per heavy atom. The standard InChI is InChI=1S/C13H14N2O3S/c1-12-7-3-4-8(17-7)13(12,2)10(16)18-9(12)15-11-14-5-6-19-11/h5-8H,3-4H2,1-2H3/b15-9-/t7-,8+,12+,13-/m0/s1. The van der Waals surface area contributed by atoms with E-state index in [0.717, 1.165) is 12.8 Å². The van der Waals surface area contributed by atoms with Crippen LogP contribution < -0.4 is 0 Å². The summed E-state index contributed by atoms with van der Waals surface area (Å²) < 4.78 is 11.5. The molecule has 4 heterocycles. The molecule has 2 bridgehead atoms. The van der Waals surface area contributed by atoms with E-state index in [1.54, 1.807) is 6.20 Å². The van der Waals surface area contributed by atoms with Crippen molar-refractivity contribution in [2.24, 2.45) is 15.8 Å². The van der Waals surface area contributed by atoms with Gasteiger partial charge < -0.3 is 9.47 Å². The zero-order valence-electron chi connectivity index (χ0n) is 10.8. The molecule has 0 N–H and O–H groups in total. The van der Waals surface area contributed by atoms with E-state index < -0.39 is 10.8 Å². The number of carbonyl (C=O) groups is 1. The van der Waals surface area contributed by atoms with Gasteiger partial charge in [0.2, 0.25) is 11.0 Å². The lowest BCUT2D eigenvalue weighted by molar-refractivity contribution is -0.146. The van der Waals surface area contributed by atoms with Gasteiger partial charge >= 0.3 is 5.97 Å². The molecule has 0 spiro atoms. The molecule has 4 rings (SSSR count). The second kappa shape index (κ2) is 3.43. The largest absolute Gasteiger partial charge is 0.410 e. The van der Waals surface area contributed by atoms with Gasteiger partial charge in [-0.05, 0) is 26.7 Å². The molecule has 0 saturated carbocycles. The molecule has 1 aromatic heterocycles. The van der Waals surface area contributed by atoms with Crippen LogP contribution in [0.4, 0.5) is 5.13 Å². The number of rotatable bonds is 1. The fourth-order valence-electron chi connectivity index (χ4n) is 3.66. The molecule has 4 atom stereocenters. The molecule has 0 radical (unpaired) electrons. The molecule has 3 saturated heterocycles. The topological polar surface area (TPSA) is 60.8 Å². The monoisotopic (exact) mass is 278 g/mol. The lowest BCUT2D eigenvalue weighted by Crippen LogP contribution is -2.48. The van der Waals surface area contributed by atoms with Crippen LogP contribution in [0.2, 0.25) is 0 Å². The highest BCUT2D eigenvalue weighted by Crippen LogP contribution is 2.64. The van der Waals surface area contributed by atoms with Gasteiger partial charge in [0.05, 0.1) is 17.6 Å². The van der Waals surface area contributed by atoms with E-state index in [9.17, 15) is 4.79 Å². The SMILES string of the molecule is C[C@@]12/C(=N/c3nccs3)OC(=O)[C@]1(C)[C@H]1CC[C@@H]2O1. The normalized spacial score (nSPS) is 45.8. The number of carbonyl (C=O) groups excluding carboxylic acids is 1. The number of hydrogen-bond donors (Lipinski definition) is 0. The van der Waals surface area contributed by atoms with Crippen LogP contribution in [0.15, 0.2) is 16.6 Å². The second-order valence-corrected chi connectivity index (χ2v) is 6.59. The third kappa shape index (κ3) is 1.17. The first-order valence-corrected chi connectivity index (χ1v) is 7.31. The Morgan fingerprint density at radius 1 is 1.37 bits per heavy atom. The summed E-state index contributed by atoms with van der Waals surface area (Å²) in [5.74, 6) is 0.264. The second-order valence-electron chi connectivity index (χ2n) is 5.72. The van der Waals surface area contributed by atoms with E-state index in [1.807, 2.05) is 19.2 Å². The van der Waals surface area contributed by atoms with Crippen molar-refractivity contribution < 1.29 is 14.3 Å². The number of hydrogen-bond acceptors (Lipinski definition) is 6. The van der Waals surface area contributed by atoms with Gasteiger partial charge in [0.15, 0.2) is 0 Å². The van der Waals surface area contributed by atoms with Crippen molar-refractivity contribution in [3.63, 3.8) is 0 Å². The fraction of sp³-hybridized carbons (Fsp3) is 0.615. The van der Waals surface area contributed by atoms with Gasteiger partial charge in [-0.3, -0.25) is 4.79 Å². The number of thiazole rings is 1. The molecule has 6 heteroatoms. The van der Waals surface area contributed by atoms with Crippen molar-refractivity contribution in [2.45, 2.75) is 38.9 Å². The summed E-state index contributed by atoms with van der Waals surface area (Å²) in [7, 11) is 0. The lowest BCUT2D eigenvalue weighted by atomic mass is 9.59. The average molecular weight is 278 g/mol. The molecule has 0 aromatic carbocycles. The van der Waals surface area contributed by atoms with Crippen molar-refractivity contribution in [3.05, 3.63) is 11.6 Å². The Kier molecular flexibility index (Phi) is 2.09. The Labute approximate surface area is 114 Å². The molecule has 19 heavy (non-hydrogen) atoms. The van der Waals surface area contributed by atoms with Gasteiger partial charge in [0.1, 0.15) is 5.41 Å². The van der Waals surface area contributed by atoms with Crippen LogP contribution in [0, 0.1) is 10.8 Å². The van der Waals surface area contributed by atoms with Crippen molar-refractivity contribution in [2.75, 3.05) is 0 Å². The van der Waals surface area contributed by atoms with Crippen molar-refractivity contribution >= 4 is 28.3 Å². The van der Waals surface area contributed by atoms with E-state index >= 15 is 0 Å². The molecular formula is C13H14N2O3S. The van der Waals surface area contributed by atoms with Crippen LogP contribution in [-0.4, -0.2) is 29.1 Å². The van der Waals surface area contributed by atoms with Crippen LogP contribution in [0.25, 0.3) is 0 Å². The minimum absolute atomic E-state index is 0.0210. The molecule has 1 aromatic rings. The molecule has 100 valence electrons. The molecule has 3 aliphatic heterocycles. The molecule has 0 aliphatic carbocycles. The highest BCUT2D eigenvalue weighted by Gasteiger charge is 2.75. The number of fused-ring (bicyclic) bond motifs is 5. The first-order valence-electron chi connectivity index (χ1n) is 6.43. The van der Waals surface area contributed by atoms with Crippen LogP contribution >= 0.6 is 11.3 Å². The molecule has 3 fully saturated rings. The quantitative estimate of drug-likeness (QED) is 0.740. The fourth-order valence-corrected chi connectivity index (χ4v) is 4.16. The predicted octanol–water partition coefficient (Wildman–Crippen LogP) is 2.30. The van der Waals surface area contributed by atoms with Gasteiger partial charge in [-0.25, -0.2) is 4.98 Å². The maximum Gasteiger partial charge on any atom is 0.322 e. The summed E-state index contributed by atoms with van der Waals surface area (Å²) in [6, 6.07) is 0. The molecule has 0 amide bonds. The summed E-state index contributed by atoms with van der Waals surface area (Å²) in [4.78, 5) is 20.9. The third-order valence-corrected chi connectivity index (χ3v) is 5.73. The molecule has 5 nitrogen and oxygen atoms in total. The number of aromatic nitrogens is 1. The third-order valence-electron chi connectivity index (χ3n) is 5.06. The van der Waals surface area contributed by atoms with E-state index in [4.69, 9.17) is 9.47 Å². The minimum Gasteiger partial charge on any atom is -0.410 e. The van der Waals surface area contributed by atoms with E-state index in [-0.39, 0.29) is 18.2 Å². The Balaban J connectivity index is 1.86. The van der Waals surface area contributed by atoms with Crippen molar-refractivity contribution in [3.8, 4) is 0 Å². The maximum atomic E-state index is 12.3. The zero-order valence-corrected chi connectivity index (χ0v) is 11.6. The molecule has 3 aliphatic rings. The lowest BCUT2D eigenvalue weighted by Gasteiger charge is -2.36. The van der Waals surface area contributed by atoms with Gasteiger partial charge in [0, 0.05) is 11.6 Å². The van der Waals surface area contributed by atoms with Crippen molar-refractivity contribution in [1.82, 2.24) is 4.98 Å². The molecule has 0 unspecified atom stereocenters. The van der Waals surface area contributed by atoms with Crippen LogP contribution in [-0.2, 0) is 14.3 Å². The summed E-state index contributed by atoms with van der Waals surface area (Å²) in [6.07, 6.45) is 3.56. The molecular weight excluding hydrogens is 264 g/mol. The van der Waals surface area contributed by atoms with Gasteiger partial charge in [-0.1, -0.05) is 0 Å². The van der Waals surface area contributed by atoms with Crippen molar-refractivity contribution in [1.29, 1.82) is 0 Å². The Morgan fingerprint density at radius 3 is 2.79 bits per heavy atom. The first-order chi connectivity index (χ1) is 9.06. The zero-order chi connectivity index (χ0) is 13.3. The minimum atomic E-state index is -0.605. The summed E-state index contributed by atoms with van der Waals surface area (Å²) in [5.41, 5.74) is -1.06. The van der Waals surface area contributed by atoms with Gasteiger partial charge in [0.25, 0.3) is 0 Å². The number of nitrogens with zero attached hydrogens (tertiary/aromatic N) is 2. The van der Waals surface area contributed by atoms with Crippen LogP contribution in [0.5, 0.6) is 0 Å². The number of cyclic esters (lactones) is 1. The number of aliphatic imine (C=N–C) groups is 1.